The van der Waals surface area contributed by atoms with Gasteiger partial charge in [0.2, 0.25) is 5.91 Å². The number of aliphatic hydroxyl groups is 11. The van der Waals surface area contributed by atoms with Crippen molar-refractivity contribution in [3.8, 4) is 0 Å². The molecule has 0 saturated carbocycles. The zero-order chi connectivity index (χ0) is 69.6. The normalized spacial score (nSPS) is 26.9. The van der Waals surface area contributed by atoms with Crippen molar-refractivity contribution in [3.05, 3.63) is 0 Å². The zero-order valence-electron chi connectivity index (χ0n) is 60.9. The van der Waals surface area contributed by atoms with Gasteiger partial charge < -0.3 is 89.9 Å². The molecule has 1 amide bonds. The third-order valence-corrected chi connectivity index (χ3v) is 20.7. The lowest BCUT2D eigenvalue weighted by Crippen LogP contribution is -2.66. The van der Waals surface area contributed by atoms with Crippen LogP contribution in [0.3, 0.4) is 0 Å². The molecule has 0 radical (unpaired) electrons. The van der Waals surface area contributed by atoms with Crippen LogP contribution in [0.1, 0.15) is 354 Å². The fourth-order valence-electron chi connectivity index (χ4n) is 14.2. The number of nitrogens with one attached hydrogen (secondary N) is 1. The summed E-state index contributed by atoms with van der Waals surface area (Å²) in [5, 5.41) is 121. The monoisotopic (exact) mass is 1380 g/mol. The van der Waals surface area contributed by atoms with E-state index in [1.165, 1.54) is 276 Å². The molecule has 19 heteroatoms. The molecular weight excluding hydrogens is 1230 g/mol. The number of aliphatic hydroxyl groups excluding tert-OH is 11. The summed E-state index contributed by atoms with van der Waals surface area (Å²) in [4.78, 5) is 13.5. The Morgan fingerprint density at radius 3 is 0.906 bits per heavy atom. The largest absolute Gasteiger partial charge is 0.394 e. The summed E-state index contributed by atoms with van der Waals surface area (Å²) in [6.07, 6.45) is 40.6. The Hall–Kier alpha value is -1.21. The quantitative estimate of drug-likeness (QED) is 0.0252. The first-order chi connectivity index (χ1) is 46.8. The number of unbranched alkanes of at least 4 members (excludes halogenated alkanes) is 49. The highest BCUT2D eigenvalue weighted by molar-refractivity contribution is 5.76. The molecule has 3 fully saturated rings. The maximum absolute atomic E-state index is 13.5. The highest BCUT2D eigenvalue weighted by Crippen LogP contribution is 2.33. The molecule has 17 atom stereocenters. The molecule has 0 aromatic carbocycles. The van der Waals surface area contributed by atoms with Crippen LogP contribution in [0.25, 0.3) is 0 Å². The fourth-order valence-corrected chi connectivity index (χ4v) is 14.2. The Morgan fingerprint density at radius 2 is 0.594 bits per heavy atom. The zero-order valence-corrected chi connectivity index (χ0v) is 60.9. The Labute approximate surface area is 583 Å². The molecule has 19 nitrogen and oxygen atoms in total. The summed E-state index contributed by atoms with van der Waals surface area (Å²) in [6.45, 7) is 1.87. The van der Waals surface area contributed by atoms with E-state index < -0.39 is 124 Å². The van der Waals surface area contributed by atoms with Crippen molar-refractivity contribution in [1.29, 1.82) is 0 Å². The van der Waals surface area contributed by atoms with Crippen LogP contribution in [-0.2, 0) is 33.2 Å². The summed E-state index contributed by atoms with van der Waals surface area (Å²) in [5.74, 6) is -0.234. The Kier molecular flexibility index (Phi) is 54.9. The summed E-state index contributed by atoms with van der Waals surface area (Å²) in [5.41, 5.74) is 0. The van der Waals surface area contributed by atoms with E-state index in [4.69, 9.17) is 28.4 Å². The molecule has 3 heterocycles. The van der Waals surface area contributed by atoms with Gasteiger partial charge in [0.1, 0.15) is 73.2 Å². The van der Waals surface area contributed by atoms with E-state index in [0.717, 1.165) is 44.9 Å². The van der Waals surface area contributed by atoms with Gasteiger partial charge in [-0.3, -0.25) is 4.79 Å². The van der Waals surface area contributed by atoms with Gasteiger partial charge in [-0.15, -0.1) is 0 Å². The fraction of sp³-hybridized carbons (Fsp3) is 0.987. The Bertz CT molecular complexity index is 1740. The van der Waals surface area contributed by atoms with Gasteiger partial charge in [0, 0.05) is 6.42 Å². The number of hydrogen-bond acceptors (Lipinski definition) is 18. The van der Waals surface area contributed by atoms with Gasteiger partial charge in [0.15, 0.2) is 18.9 Å². The molecule has 0 spiro atoms. The molecule has 96 heavy (non-hydrogen) atoms. The van der Waals surface area contributed by atoms with Gasteiger partial charge in [-0.05, 0) is 12.8 Å². The van der Waals surface area contributed by atoms with Crippen LogP contribution in [0.15, 0.2) is 0 Å². The van der Waals surface area contributed by atoms with E-state index in [1.807, 2.05) is 0 Å². The summed E-state index contributed by atoms with van der Waals surface area (Å²) in [6, 6.07) is -0.883. The summed E-state index contributed by atoms with van der Waals surface area (Å²) >= 11 is 0. The van der Waals surface area contributed by atoms with Crippen molar-refractivity contribution >= 4 is 5.91 Å². The highest BCUT2D eigenvalue weighted by Gasteiger charge is 2.54. The van der Waals surface area contributed by atoms with E-state index in [2.05, 4.69) is 19.2 Å². The second-order valence-electron chi connectivity index (χ2n) is 29.2. The van der Waals surface area contributed by atoms with Crippen LogP contribution < -0.4 is 5.32 Å². The second kappa shape index (κ2) is 59.2. The lowest BCUT2D eigenvalue weighted by Gasteiger charge is -2.48. The van der Waals surface area contributed by atoms with E-state index in [1.54, 1.807) is 0 Å². The number of rotatable bonds is 65. The van der Waals surface area contributed by atoms with E-state index in [9.17, 15) is 61.0 Å². The molecule has 3 rings (SSSR count). The third-order valence-electron chi connectivity index (χ3n) is 20.7. The van der Waals surface area contributed by atoms with Crippen molar-refractivity contribution in [2.24, 2.45) is 0 Å². The highest BCUT2D eigenvalue weighted by atomic mass is 16.8. The molecule has 0 aromatic rings. The van der Waals surface area contributed by atoms with Gasteiger partial charge in [-0.1, -0.05) is 335 Å². The average molecular weight is 1380 g/mol. The topological polar surface area (TPSA) is 307 Å². The van der Waals surface area contributed by atoms with Crippen LogP contribution in [0.2, 0.25) is 0 Å². The first-order valence-corrected chi connectivity index (χ1v) is 40.3. The molecular formula is C77H149NO18. The van der Waals surface area contributed by atoms with Crippen molar-refractivity contribution < 1.29 is 89.4 Å². The first-order valence-electron chi connectivity index (χ1n) is 40.3. The average Bonchev–Trinajstić information content (AvgIpc) is 0.786. The summed E-state index contributed by atoms with van der Waals surface area (Å²) < 4.78 is 34.5. The molecule has 3 aliphatic heterocycles. The van der Waals surface area contributed by atoms with Crippen molar-refractivity contribution in [2.75, 3.05) is 26.4 Å². The van der Waals surface area contributed by atoms with Gasteiger partial charge in [0.25, 0.3) is 0 Å². The van der Waals surface area contributed by atoms with Crippen molar-refractivity contribution in [1.82, 2.24) is 5.32 Å². The number of hydrogen-bond donors (Lipinski definition) is 12. The SMILES string of the molecule is CCCCCCCCCCCCCCCCCCCCCCCCCCCCCCCCCCCC(O)C(COC1OC(CO)C(OC2OC(CO)C(OC3OC(CO)C(O)C(O)C3O)C(O)C2O)C(O)C1O)NC(=O)CCCCCCCCCCCCCCCCCCCC. The number of ether oxygens (including phenoxy) is 6. The molecule has 0 bridgehead atoms. The van der Waals surface area contributed by atoms with Crippen LogP contribution in [0.5, 0.6) is 0 Å². The summed E-state index contributed by atoms with van der Waals surface area (Å²) in [7, 11) is 0. The number of carbonyl (C=O) groups excluding carboxylic acids is 1. The Balaban J connectivity index is 1.34. The molecule has 570 valence electrons. The van der Waals surface area contributed by atoms with E-state index in [0.29, 0.717) is 12.8 Å². The molecule has 3 saturated heterocycles. The van der Waals surface area contributed by atoms with Gasteiger partial charge in [-0.25, -0.2) is 0 Å². The van der Waals surface area contributed by atoms with Crippen LogP contribution in [-0.4, -0.2) is 193 Å². The molecule has 0 aliphatic carbocycles. The molecule has 3 aliphatic rings. The number of amides is 1. The van der Waals surface area contributed by atoms with Crippen LogP contribution in [0.4, 0.5) is 0 Å². The van der Waals surface area contributed by atoms with Crippen molar-refractivity contribution in [3.63, 3.8) is 0 Å². The van der Waals surface area contributed by atoms with E-state index in [-0.39, 0.29) is 18.9 Å². The first kappa shape index (κ1) is 89.0. The van der Waals surface area contributed by atoms with Crippen LogP contribution in [0, 0.1) is 0 Å². The minimum absolute atomic E-state index is 0.234. The molecule has 12 N–H and O–H groups in total. The van der Waals surface area contributed by atoms with Crippen LogP contribution >= 0.6 is 0 Å². The molecule has 0 aromatic heterocycles. The second-order valence-corrected chi connectivity index (χ2v) is 29.2. The third kappa shape index (κ3) is 39.4. The predicted molar refractivity (Wildman–Crippen MR) is 379 cm³/mol. The predicted octanol–water partition coefficient (Wildman–Crippen LogP) is 13.0. The molecule has 17 unspecified atom stereocenters. The smallest absolute Gasteiger partial charge is 0.220 e. The van der Waals surface area contributed by atoms with E-state index >= 15 is 0 Å². The maximum atomic E-state index is 13.5. The Morgan fingerprint density at radius 1 is 0.333 bits per heavy atom. The maximum Gasteiger partial charge on any atom is 0.220 e. The van der Waals surface area contributed by atoms with Gasteiger partial charge in [-0.2, -0.15) is 0 Å². The van der Waals surface area contributed by atoms with Crippen molar-refractivity contribution in [2.45, 2.75) is 458 Å². The minimum atomic E-state index is -1.97. The van der Waals surface area contributed by atoms with Gasteiger partial charge >= 0.3 is 0 Å². The standard InChI is InChI=1S/C77H149NO18/c1-3-5-7-9-11-13-15-17-19-21-23-24-25-26-27-28-29-30-31-32-33-34-35-36-37-38-40-42-44-46-48-50-52-54-61(82)60(78-65(83)55-53-51-49-47-45-43-41-39-22-20-18-16-14-12-10-8-6-4-2)59-91-75-71(89)68(86)73(63(57-80)93-75)96-77-72(90)69(87)74(64(58-81)94-77)95-76-70(88)67(85)66(84)62(56-79)92-76/h60-64,66-77,79-82,84-90H,3-59H2,1-2H3,(H,78,83). The van der Waals surface area contributed by atoms with Gasteiger partial charge in [0.05, 0.1) is 38.6 Å². The lowest BCUT2D eigenvalue weighted by atomic mass is 9.96. The minimum Gasteiger partial charge on any atom is -0.394 e. The lowest BCUT2D eigenvalue weighted by molar-refractivity contribution is -0.379. The number of carbonyl (C=O) groups is 1.